The van der Waals surface area contributed by atoms with Crippen molar-refractivity contribution in [2.75, 3.05) is 27.3 Å². The van der Waals surface area contributed by atoms with Crippen molar-refractivity contribution < 1.29 is 28.6 Å². The number of ether oxygens (including phenoxy) is 3. The summed E-state index contributed by atoms with van der Waals surface area (Å²) < 4.78 is 18.2. The third kappa shape index (κ3) is 7.15. The monoisotopic (exact) mass is 609 g/mol. The van der Waals surface area contributed by atoms with Crippen LogP contribution >= 0.6 is 0 Å². The van der Waals surface area contributed by atoms with Crippen LogP contribution in [0.15, 0.2) is 18.2 Å². The number of amides is 3. The zero-order chi connectivity index (χ0) is 30.6. The average Bonchev–Trinajstić information content (AvgIpc) is 3.36. The summed E-state index contributed by atoms with van der Waals surface area (Å²) in [5, 5.41) is 2.39. The maximum absolute atomic E-state index is 13.2. The first-order valence-corrected chi connectivity index (χ1v) is 17.2. The molecule has 6 rings (SSSR count). The molecule has 3 saturated carbocycles. The second-order valence-electron chi connectivity index (χ2n) is 13.9. The van der Waals surface area contributed by atoms with Crippen LogP contribution in [0.1, 0.15) is 106 Å². The molecule has 1 aromatic carbocycles. The van der Waals surface area contributed by atoms with Crippen LogP contribution in [0, 0.1) is 11.8 Å². The lowest BCUT2D eigenvalue weighted by atomic mass is 9.83. The van der Waals surface area contributed by atoms with Gasteiger partial charge in [0.2, 0.25) is 11.8 Å². The van der Waals surface area contributed by atoms with Gasteiger partial charge in [0.25, 0.3) is 5.91 Å². The number of imide groups is 1. The quantitative estimate of drug-likeness (QED) is 0.379. The summed E-state index contributed by atoms with van der Waals surface area (Å²) in [6.07, 6.45) is 15.7. The molecule has 0 radical (unpaired) electrons. The molecule has 1 aromatic rings. The van der Waals surface area contributed by atoms with Crippen molar-refractivity contribution >= 4 is 17.7 Å². The van der Waals surface area contributed by atoms with Gasteiger partial charge in [-0.2, -0.15) is 0 Å². The molecule has 3 aliphatic carbocycles. The van der Waals surface area contributed by atoms with Crippen molar-refractivity contribution in [3.05, 3.63) is 29.3 Å². The topological polar surface area (TPSA) is 97.4 Å². The summed E-state index contributed by atoms with van der Waals surface area (Å²) in [5.41, 5.74) is 1.52. The van der Waals surface area contributed by atoms with Crippen LogP contribution in [-0.4, -0.2) is 85.2 Å². The fourth-order valence-corrected chi connectivity index (χ4v) is 8.54. The van der Waals surface area contributed by atoms with Gasteiger partial charge in [0, 0.05) is 51.9 Å². The van der Waals surface area contributed by atoms with Crippen LogP contribution in [0.25, 0.3) is 0 Å². The minimum Gasteiger partial charge on any atom is -0.489 e. The van der Waals surface area contributed by atoms with Crippen LogP contribution in [0.5, 0.6) is 5.75 Å². The molecule has 2 heterocycles. The summed E-state index contributed by atoms with van der Waals surface area (Å²) in [7, 11) is 3.69. The third-order valence-electron chi connectivity index (χ3n) is 11.2. The van der Waals surface area contributed by atoms with Crippen molar-refractivity contribution in [1.29, 1.82) is 0 Å². The Morgan fingerprint density at radius 1 is 0.818 bits per heavy atom. The number of rotatable bonds is 10. The Kier molecular flexibility index (Phi) is 10.2. The first-order valence-electron chi connectivity index (χ1n) is 17.2. The highest BCUT2D eigenvalue weighted by molar-refractivity contribution is 6.05. The molecule has 9 nitrogen and oxygen atoms in total. The van der Waals surface area contributed by atoms with Gasteiger partial charge >= 0.3 is 0 Å². The highest BCUT2D eigenvalue weighted by Gasteiger charge is 2.40. The highest BCUT2D eigenvalue weighted by Crippen LogP contribution is 2.36. The lowest BCUT2D eigenvalue weighted by Crippen LogP contribution is -2.52. The number of methoxy groups -OCH3 is 2. The molecule has 3 atom stereocenters. The first-order chi connectivity index (χ1) is 21.4. The number of hydrogen-bond acceptors (Lipinski definition) is 7. The van der Waals surface area contributed by atoms with Gasteiger partial charge in [0.15, 0.2) is 0 Å². The predicted octanol–water partition coefficient (Wildman–Crippen LogP) is 4.85. The summed E-state index contributed by atoms with van der Waals surface area (Å²) >= 11 is 0. The molecule has 5 aliphatic rings. The van der Waals surface area contributed by atoms with Gasteiger partial charge in [0.1, 0.15) is 17.9 Å². The predicted molar refractivity (Wildman–Crippen MR) is 166 cm³/mol. The fourth-order valence-electron chi connectivity index (χ4n) is 8.54. The van der Waals surface area contributed by atoms with E-state index in [1.54, 1.807) is 4.90 Å². The lowest BCUT2D eigenvalue weighted by molar-refractivity contribution is -0.136. The Morgan fingerprint density at radius 3 is 2.07 bits per heavy atom. The molecule has 1 N–H and O–H groups in total. The van der Waals surface area contributed by atoms with E-state index in [2.05, 4.69) is 10.2 Å². The SMILES string of the molecule is CO[C@H]1CC[C@H](CN(C[C@H]2CC[C@H](OC)CC2)[C@@H]2CCCC[C@H]2Oc2ccc3c(c2)CN(C2CCC(=O)NC2=O)C3=O)CC1. The maximum Gasteiger partial charge on any atom is 0.255 e. The number of piperidine rings is 1. The normalized spacial score (nSPS) is 32.9. The van der Waals surface area contributed by atoms with E-state index in [1.165, 1.54) is 38.5 Å². The first kappa shape index (κ1) is 31.5. The van der Waals surface area contributed by atoms with Crippen molar-refractivity contribution in [1.82, 2.24) is 15.1 Å². The Morgan fingerprint density at radius 2 is 1.45 bits per heavy atom. The van der Waals surface area contributed by atoms with Crippen molar-refractivity contribution in [3.8, 4) is 5.75 Å². The van der Waals surface area contributed by atoms with Gasteiger partial charge in [0.05, 0.1) is 12.2 Å². The largest absolute Gasteiger partial charge is 0.489 e. The molecule has 2 aliphatic heterocycles. The fraction of sp³-hybridized carbons (Fsp3) is 0.743. The van der Waals surface area contributed by atoms with E-state index in [0.29, 0.717) is 48.6 Å². The summed E-state index contributed by atoms with van der Waals surface area (Å²) in [5.74, 6) is 1.41. The molecule has 0 bridgehead atoms. The Hall–Kier alpha value is -2.49. The molecule has 3 amide bonds. The Balaban J connectivity index is 1.15. The number of nitrogens with zero attached hydrogens (tertiary/aromatic N) is 2. The molecule has 242 valence electrons. The number of fused-ring (bicyclic) bond motifs is 1. The molecule has 4 fully saturated rings. The Bertz CT molecular complexity index is 1150. The summed E-state index contributed by atoms with van der Waals surface area (Å²) in [6, 6.07) is 5.56. The van der Waals surface area contributed by atoms with Gasteiger partial charge in [-0.1, -0.05) is 6.42 Å². The van der Waals surface area contributed by atoms with Gasteiger partial charge in [-0.25, -0.2) is 0 Å². The van der Waals surface area contributed by atoms with Crippen LogP contribution in [0.4, 0.5) is 0 Å². The van der Waals surface area contributed by atoms with E-state index in [0.717, 1.165) is 62.9 Å². The molecule has 0 spiro atoms. The standard InChI is InChI=1S/C35H51N3O6/c1-42-26-11-7-23(8-12-26)20-37(21-24-9-13-27(43-2)14-10-24)30-5-3-4-6-32(30)44-28-15-16-29-25(19-28)22-38(35(29)41)31-17-18-33(39)36-34(31)40/h15-16,19,23-24,26-27,30-32H,3-14,17-18,20-22H2,1-2H3,(H,36,39,40)/t23-,24-,26-,27-,30-,31?,32-/m1/s1. The molecule has 0 aromatic heterocycles. The number of carbonyl (C=O) groups excluding carboxylic acids is 3. The maximum atomic E-state index is 13.2. The average molecular weight is 610 g/mol. The van der Waals surface area contributed by atoms with Crippen molar-refractivity contribution in [2.24, 2.45) is 11.8 Å². The number of benzene rings is 1. The molecular formula is C35H51N3O6. The minimum absolute atomic E-state index is 0.107. The van der Waals surface area contributed by atoms with E-state index in [4.69, 9.17) is 14.2 Å². The van der Waals surface area contributed by atoms with Gasteiger partial charge in [-0.05, 0) is 113 Å². The van der Waals surface area contributed by atoms with Crippen LogP contribution in [0.3, 0.4) is 0 Å². The number of carbonyl (C=O) groups is 3. The molecule has 1 unspecified atom stereocenters. The zero-order valence-corrected chi connectivity index (χ0v) is 26.6. The third-order valence-corrected chi connectivity index (χ3v) is 11.2. The highest BCUT2D eigenvalue weighted by atomic mass is 16.5. The second-order valence-corrected chi connectivity index (χ2v) is 13.9. The molecular weight excluding hydrogens is 558 g/mol. The van der Waals surface area contributed by atoms with Gasteiger partial charge in [-0.3, -0.25) is 24.6 Å². The van der Waals surface area contributed by atoms with E-state index in [-0.39, 0.29) is 30.2 Å². The van der Waals surface area contributed by atoms with Crippen LogP contribution in [0.2, 0.25) is 0 Å². The molecule has 9 heteroatoms. The minimum atomic E-state index is -0.605. The smallest absolute Gasteiger partial charge is 0.255 e. The van der Waals surface area contributed by atoms with Crippen LogP contribution < -0.4 is 10.1 Å². The van der Waals surface area contributed by atoms with Gasteiger partial charge in [-0.15, -0.1) is 0 Å². The van der Waals surface area contributed by atoms with E-state index < -0.39 is 6.04 Å². The van der Waals surface area contributed by atoms with Gasteiger partial charge < -0.3 is 19.1 Å². The lowest BCUT2D eigenvalue weighted by Gasteiger charge is -2.44. The van der Waals surface area contributed by atoms with Crippen LogP contribution in [-0.2, 0) is 25.6 Å². The second kappa shape index (κ2) is 14.3. The van der Waals surface area contributed by atoms with E-state index >= 15 is 0 Å². The van der Waals surface area contributed by atoms with E-state index in [1.807, 2.05) is 32.4 Å². The number of hydrogen-bond donors (Lipinski definition) is 1. The summed E-state index contributed by atoms with van der Waals surface area (Å²) in [6.45, 7) is 2.63. The number of nitrogens with one attached hydrogen (secondary N) is 1. The van der Waals surface area contributed by atoms with E-state index in [9.17, 15) is 14.4 Å². The molecule has 1 saturated heterocycles. The van der Waals surface area contributed by atoms with Crippen molar-refractivity contribution in [2.45, 2.75) is 127 Å². The molecule has 44 heavy (non-hydrogen) atoms. The Labute approximate surface area is 262 Å². The zero-order valence-electron chi connectivity index (χ0n) is 26.6. The van der Waals surface area contributed by atoms with Crippen molar-refractivity contribution in [3.63, 3.8) is 0 Å². The summed E-state index contributed by atoms with van der Waals surface area (Å²) in [4.78, 5) is 41.8.